The Bertz CT molecular complexity index is 643. The van der Waals surface area contributed by atoms with Crippen molar-refractivity contribution in [1.82, 2.24) is 9.55 Å². The van der Waals surface area contributed by atoms with Crippen molar-refractivity contribution in [2.24, 2.45) is 5.92 Å². The molecular formula is C14H18FIN2S. The van der Waals surface area contributed by atoms with E-state index in [2.05, 4.69) is 30.3 Å². The van der Waals surface area contributed by atoms with Crippen LogP contribution in [0, 0.1) is 20.1 Å². The van der Waals surface area contributed by atoms with Crippen LogP contribution in [0.5, 0.6) is 0 Å². The molecular weight excluding hydrogens is 374 g/mol. The zero-order valence-electron chi connectivity index (χ0n) is 11.3. The van der Waals surface area contributed by atoms with Crippen LogP contribution < -0.4 is 0 Å². The molecule has 1 N–H and O–H groups in total. The predicted molar refractivity (Wildman–Crippen MR) is 88.6 cm³/mol. The summed E-state index contributed by atoms with van der Waals surface area (Å²) in [4.78, 5) is 3.19. The summed E-state index contributed by atoms with van der Waals surface area (Å²) in [5.41, 5.74) is 1.77. The SMILES string of the molecule is CCC(CC)C(C)n1c(=S)[nH]c2cc(I)c(F)cc21. The Morgan fingerprint density at radius 1 is 1.37 bits per heavy atom. The first-order valence-corrected chi connectivity index (χ1v) is 8.07. The number of hydrogen-bond donors (Lipinski definition) is 1. The number of imidazole rings is 1. The zero-order valence-corrected chi connectivity index (χ0v) is 14.3. The molecule has 0 bridgehead atoms. The van der Waals surface area contributed by atoms with E-state index in [9.17, 15) is 4.39 Å². The van der Waals surface area contributed by atoms with Crippen LogP contribution in [0.15, 0.2) is 12.1 Å². The number of fused-ring (bicyclic) bond motifs is 1. The highest BCUT2D eigenvalue weighted by atomic mass is 127. The van der Waals surface area contributed by atoms with Crippen LogP contribution in [-0.2, 0) is 0 Å². The Labute approximate surface area is 131 Å². The van der Waals surface area contributed by atoms with Gasteiger partial charge in [-0.15, -0.1) is 0 Å². The van der Waals surface area contributed by atoms with E-state index in [-0.39, 0.29) is 11.9 Å². The second kappa shape index (κ2) is 5.91. The van der Waals surface area contributed by atoms with Crippen molar-refractivity contribution in [3.05, 3.63) is 26.3 Å². The van der Waals surface area contributed by atoms with E-state index in [1.807, 2.05) is 28.7 Å². The Hall–Kier alpha value is -0.430. The average Bonchev–Trinajstić information content (AvgIpc) is 2.66. The molecule has 1 unspecified atom stereocenters. The molecule has 0 spiro atoms. The van der Waals surface area contributed by atoms with Crippen LogP contribution in [-0.4, -0.2) is 9.55 Å². The van der Waals surface area contributed by atoms with Crippen molar-refractivity contribution in [3.8, 4) is 0 Å². The van der Waals surface area contributed by atoms with Gasteiger partial charge in [-0.25, -0.2) is 4.39 Å². The lowest BCUT2D eigenvalue weighted by molar-refractivity contribution is 0.337. The van der Waals surface area contributed by atoms with Crippen LogP contribution in [0.2, 0.25) is 0 Å². The third kappa shape index (κ3) is 2.72. The molecule has 0 saturated carbocycles. The molecule has 0 amide bonds. The van der Waals surface area contributed by atoms with Crippen molar-refractivity contribution in [2.75, 3.05) is 0 Å². The Morgan fingerprint density at radius 2 is 2.00 bits per heavy atom. The summed E-state index contributed by atoms with van der Waals surface area (Å²) in [6, 6.07) is 3.68. The Morgan fingerprint density at radius 3 is 2.58 bits per heavy atom. The molecule has 0 aliphatic carbocycles. The minimum Gasteiger partial charge on any atom is -0.331 e. The lowest BCUT2D eigenvalue weighted by Gasteiger charge is -2.23. The molecule has 1 atom stereocenters. The van der Waals surface area contributed by atoms with Crippen molar-refractivity contribution in [2.45, 2.75) is 39.7 Å². The number of benzene rings is 1. The maximum absolute atomic E-state index is 13.8. The van der Waals surface area contributed by atoms with E-state index >= 15 is 0 Å². The first kappa shape index (κ1) is 15.0. The quantitative estimate of drug-likeness (QED) is 0.543. The minimum absolute atomic E-state index is 0.187. The van der Waals surface area contributed by atoms with Crippen LogP contribution in [0.4, 0.5) is 4.39 Å². The summed E-state index contributed by atoms with van der Waals surface area (Å²) in [7, 11) is 0. The number of aromatic nitrogens is 2. The maximum Gasteiger partial charge on any atom is 0.178 e. The molecule has 1 heterocycles. The van der Waals surface area contributed by atoms with Gasteiger partial charge in [-0.1, -0.05) is 26.7 Å². The van der Waals surface area contributed by atoms with Crippen LogP contribution in [0.25, 0.3) is 11.0 Å². The van der Waals surface area contributed by atoms with Gasteiger partial charge in [-0.05, 0) is 53.7 Å². The number of halogens is 2. The van der Waals surface area contributed by atoms with Gasteiger partial charge in [0, 0.05) is 12.1 Å². The van der Waals surface area contributed by atoms with Gasteiger partial charge in [0.15, 0.2) is 4.77 Å². The van der Waals surface area contributed by atoms with Gasteiger partial charge in [-0.2, -0.15) is 0 Å². The van der Waals surface area contributed by atoms with Gasteiger partial charge in [0.2, 0.25) is 0 Å². The second-order valence-corrected chi connectivity index (χ2v) is 6.45. The van der Waals surface area contributed by atoms with Gasteiger partial charge in [0.1, 0.15) is 5.82 Å². The fourth-order valence-electron chi connectivity index (χ4n) is 2.71. The van der Waals surface area contributed by atoms with Crippen molar-refractivity contribution < 1.29 is 4.39 Å². The molecule has 0 saturated heterocycles. The normalized spacial score (nSPS) is 13.4. The average molecular weight is 392 g/mol. The number of nitrogens with zero attached hydrogens (tertiary/aromatic N) is 1. The number of nitrogens with one attached hydrogen (secondary N) is 1. The van der Waals surface area contributed by atoms with Gasteiger partial charge in [0.25, 0.3) is 0 Å². The van der Waals surface area contributed by atoms with Crippen molar-refractivity contribution in [1.29, 1.82) is 0 Å². The molecule has 0 aliphatic rings. The standard InChI is InChI=1S/C14H18FIN2S/c1-4-9(5-2)8(3)18-13-6-10(15)11(16)7-12(13)17-14(18)19/h6-9H,4-5H2,1-3H3,(H,17,19). The van der Waals surface area contributed by atoms with Crippen LogP contribution in [0.1, 0.15) is 39.7 Å². The third-order valence-electron chi connectivity index (χ3n) is 3.90. The topological polar surface area (TPSA) is 20.7 Å². The third-order valence-corrected chi connectivity index (χ3v) is 5.02. The molecule has 104 valence electrons. The molecule has 2 nitrogen and oxygen atoms in total. The highest BCUT2D eigenvalue weighted by molar-refractivity contribution is 14.1. The van der Waals surface area contributed by atoms with Gasteiger partial charge < -0.3 is 9.55 Å². The highest BCUT2D eigenvalue weighted by Gasteiger charge is 2.19. The molecule has 0 aliphatic heterocycles. The molecule has 19 heavy (non-hydrogen) atoms. The molecule has 1 aromatic heterocycles. The minimum atomic E-state index is -0.187. The van der Waals surface area contributed by atoms with E-state index < -0.39 is 0 Å². The highest BCUT2D eigenvalue weighted by Crippen LogP contribution is 2.29. The van der Waals surface area contributed by atoms with E-state index in [0.717, 1.165) is 23.9 Å². The number of hydrogen-bond acceptors (Lipinski definition) is 1. The maximum atomic E-state index is 13.8. The molecule has 1 aromatic carbocycles. The molecule has 0 radical (unpaired) electrons. The summed E-state index contributed by atoms with van der Waals surface area (Å²) >= 11 is 7.41. The first-order valence-electron chi connectivity index (χ1n) is 6.58. The van der Waals surface area contributed by atoms with Gasteiger partial charge in [0.05, 0.1) is 14.6 Å². The fraction of sp³-hybridized carbons (Fsp3) is 0.500. The predicted octanol–water partition coefficient (Wildman–Crippen LogP) is 5.44. The summed E-state index contributed by atoms with van der Waals surface area (Å²) < 4.78 is 17.1. The Balaban J connectivity index is 2.63. The lowest BCUT2D eigenvalue weighted by Crippen LogP contribution is -2.15. The largest absolute Gasteiger partial charge is 0.331 e. The van der Waals surface area contributed by atoms with Crippen LogP contribution in [0.3, 0.4) is 0 Å². The number of H-pyrrole nitrogens is 1. The Kier molecular flexibility index (Phi) is 4.66. The molecule has 0 fully saturated rings. The van der Waals surface area contributed by atoms with Gasteiger partial charge in [-0.3, -0.25) is 0 Å². The summed E-state index contributed by atoms with van der Waals surface area (Å²) in [5, 5.41) is 0. The summed E-state index contributed by atoms with van der Waals surface area (Å²) in [5.74, 6) is 0.362. The molecule has 2 rings (SSSR count). The number of aromatic amines is 1. The van der Waals surface area contributed by atoms with E-state index in [1.165, 1.54) is 0 Å². The second-order valence-electron chi connectivity index (χ2n) is 4.90. The lowest BCUT2D eigenvalue weighted by atomic mass is 9.95. The van der Waals surface area contributed by atoms with Crippen molar-refractivity contribution >= 4 is 45.8 Å². The molecule has 5 heteroatoms. The van der Waals surface area contributed by atoms with Crippen LogP contribution >= 0.6 is 34.8 Å². The monoisotopic (exact) mass is 392 g/mol. The van der Waals surface area contributed by atoms with Gasteiger partial charge >= 0.3 is 0 Å². The molecule has 2 aromatic rings. The van der Waals surface area contributed by atoms with Crippen molar-refractivity contribution in [3.63, 3.8) is 0 Å². The van der Waals surface area contributed by atoms with E-state index in [1.54, 1.807) is 6.07 Å². The number of rotatable bonds is 4. The smallest absolute Gasteiger partial charge is 0.178 e. The van der Waals surface area contributed by atoms with E-state index in [4.69, 9.17) is 12.2 Å². The summed E-state index contributed by atoms with van der Waals surface area (Å²) in [6.45, 7) is 6.54. The fourth-order valence-corrected chi connectivity index (χ4v) is 3.55. The van der Waals surface area contributed by atoms with E-state index in [0.29, 0.717) is 14.3 Å². The first-order chi connectivity index (χ1) is 8.99. The summed E-state index contributed by atoms with van der Waals surface area (Å²) in [6.07, 6.45) is 2.19. The zero-order chi connectivity index (χ0) is 14.2.